The van der Waals surface area contributed by atoms with Crippen molar-refractivity contribution in [3.63, 3.8) is 0 Å². The Balaban J connectivity index is 1.82. The Bertz CT molecular complexity index is 1100. The Kier molecular flexibility index (Phi) is 5.52. The van der Waals surface area contributed by atoms with Crippen LogP contribution < -0.4 is 5.43 Å². The number of rotatable bonds is 6. The first-order chi connectivity index (χ1) is 13.4. The van der Waals surface area contributed by atoms with E-state index in [0.717, 1.165) is 0 Å². The number of hydrogen-bond acceptors (Lipinski definition) is 8. The van der Waals surface area contributed by atoms with Crippen LogP contribution in [0.15, 0.2) is 52.1 Å². The molecule has 0 fully saturated rings. The molecule has 0 radical (unpaired) electrons. The van der Waals surface area contributed by atoms with Gasteiger partial charge in [-0.05, 0) is 24.3 Å². The van der Waals surface area contributed by atoms with Crippen molar-refractivity contribution in [3.8, 4) is 11.3 Å². The number of pyridine rings is 1. The summed E-state index contributed by atoms with van der Waals surface area (Å²) >= 11 is 11.9. The van der Waals surface area contributed by atoms with Gasteiger partial charge in [0.1, 0.15) is 16.5 Å². The van der Waals surface area contributed by atoms with Crippen molar-refractivity contribution < 1.29 is 14.3 Å². The second kappa shape index (κ2) is 8.03. The van der Waals surface area contributed by atoms with Crippen molar-refractivity contribution in [3.05, 3.63) is 78.6 Å². The normalized spacial score (nSPS) is 10.9. The maximum atomic E-state index is 11.0. The van der Waals surface area contributed by atoms with Gasteiger partial charge in [-0.2, -0.15) is 5.10 Å². The second-order valence-electron chi connectivity index (χ2n) is 5.24. The Labute approximate surface area is 166 Å². The van der Waals surface area contributed by atoms with E-state index in [-0.39, 0.29) is 44.3 Å². The Morgan fingerprint density at radius 3 is 2.54 bits per heavy atom. The third-order valence-corrected chi connectivity index (χ3v) is 4.09. The van der Waals surface area contributed by atoms with Gasteiger partial charge in [-0.15, -0.1) is 0 Å². The van der Waals surface area contributed by atoms with E-state index < -0.39 is 9.85 Å². The molecule has 12 heteroatoms. The summed E-state index contributed by atoms with van der Waals surface area (Å²) in [4.78, 5) is 24.6. The van der Waals surface area contributed by atoms with Gasteiger partial charge >= 0.3 is 5.69 Å². The first-order valence-corrected chi connectivity index (χ1v) is 8.24. The Morgan fingerprint density at radius 2 is 1.82 bits per heavy atom. The fourth-order valence-electron chi connectivity index (χ4n) is 2.22. The smallest absolute Gasteiger partial charge is 0.313 e. The molecule has 142 valence electrons. The Morgan fingerprint density at radius 1 is 1.07 bits per heavy atom. The van der Waals surface area contributed by atoms with Crippen molar-refractivity contribution >= 4 is 46.6 Å². The summed E-state index contributed by atoms with van der Waals surface area (Å²) in [6.07, 6.45) is 2.64. The van der Waals surface area contributed by atoms with Gasteiger partial charge in [-0.25, -0.2) is 4.98 Å². The summed E-state index contributed by atoms with van der Waals surface area (Å²) in [6.45, 7) is 0. The number of nitrogens with one attached hydrogen (secondary N) is 1. The number of anilines is 1. The topological polar surface area (TPSA) is 137 Å². The molecule has 0 atom stereocenters. The fourth-order valence-corrected chi connectivity index (χ4v) is 2.77. The van der Waals surface area contributed by atoms with E-state index in [1.807, 2.05) is 0 Å². The van der Waals surface area contributed by atoms with Crippen LogP contribution in [0.3, 0.4) is 0 Å². The monoisotopic (exact) mass is 421 g/mol. The predicted molar refractivity (Wildman–Crippen MR) is 103 cm³/mol. The Hall–Kier alpha value is -3.50. The number of hydrogen-bond donors (Lipinski definition) is 1. The van der Waals surface area contributed by atoms with Gasteiger partial charge in [0.05, 0.1) is 21.1 Å². The lowest BCUT2D eigenvalue weighted by atomic mass is 10.1. The van der Waals surface area contributed by atoms with Crippen LogP contribution in [0.1, 0.15) is 5.76 Å². The van der Waals surface area contributed by atoms with Gasteiger partial charge < -0.3 is 4.42 Å². The molecule has 0 aliphatic rings. The van der Waals surface area contributed by atoms with Crippen molar-refractivity contribution in [2.24, 2.45) is 5.10 Å². The number of benzene rings is 1. The molecule has 3 aromatic rings. The highest BCUT2D eigenvalue weighted by molar-refractivity contribution is 6.37. The van der Waals surface area contributed by atoms with Crippen LogP contribution in [0.4, 0.5) is 17.2 Å². The fraction of sp³-hybridized carbons (Fsp3) is 0. The van der Waals surface area contributed by atoms with Gasteiger partial charge in [0, 0.05) is 23.9 Å². The average Bonchev–Trinajstić information content (AvgIpc) is 3.10. The van der Waals surface area contributed by atoms with Crippen molar-refractivity contribution in [1.82, 2.24) is 4.98 Å². The molecule has 0 bridgehead atoms. The molecule has 1 N–H and O–H groups in total. The standard InChI is InChI=1S/C16H9Cl2N5O5/c17-11-7-12(18)14(23(26)27)6-10(11)15-4-3-9(28-15)8-20-21-16-13(22(24)25)2-1-5-19-16/h1-8H,(H,19,21)/b20-8-. The third kappa shape index (κ3) is 4.08. The van der Waals surface area contributed by atoms with Crippen LogP contribution >= 0.6 is 23.2 Å². The minimum absolute atomic E-state index is 0.0353. The summed E-state index contributed by atoms with van der Waals surface area (Å²) in [7, 11) is 0. The quantitative estimate of drug-likeness (QED) is 0.338. The maximum Gasteiger partial charge on any atom is 0.313 e. The van der Waals surface area contributed by atoms with Crippen molar-refractivity contribution in [2.45, 2.75) is 0 Å². The number of hydrazone groups is 1. The SMILES string of the molecule is O=[N+]([O-])c1cc(-c2ccc(/C=N\Nc3ncccc3[N+](=O)[O-])o2)c(Cl)cc1Cl. The van der Waals surface area contributed by atoms with Crippen LogP contribution in [0, 0.1) is 20.2 Å². The molecular formula is C16H9Cl2N5O5. The molecule has 28 heavy (non-hydrogen) atoms. The van der Waals surface area contributed by atoms with Gasteiger partial charge in [-0.1, -0.05) is 23.2 Å². The number of furan rings is 1. The number of nitro groups is 2. The van der Waals surface area contributed by atoms with Gasteiger partial charge in [0.25, 0.3) is 5.69 Å². The molecule has 0 saturated heterocycles. The molecule has 2 aromatic heterocycles. The lowest BCUT2D eigenvalue weighted by Gasteiger charge is -2.02. The van der Waals surface area contributed by atoms with Crippen LogP contribution in [-0.4, -0.2) is 21.0 Å². The van der Waals surface area contributed by atoms with E-state index in [1.165, 1.54) is 36.7 Å². The van der Waals surface area contributed by atoms with E-state index in [0.29, 0.717) is 0 Å². The molecule has 0 saturated carbocycles. The van der Waals surface area contributed by atoms with Crippen LogP contribution in [0.5, 0.6) is 0 Å². The molecule has 0 unspecified atom stereocenters. The number of aromatic nitrogens is 1. The molecule has 0 aliphatic heterocycles. The van der Waals surface area contributed by atoms with Crippen LogP contribution in [0.25, 0.3) is 11.3 Å². The first kappa shape index (κ1) is 19.3. The molecular weight excluding hydrogens is 413 g/mol. The predicted octanol–water partition coefficient (Wildman–Crippen LogP) is 4.91. The third-order valence-electron chi connectivity index (χ3n) is 3.47. The molecule has 0 spiro atoms. The molecule has 0 amide bonds. The lowest BCUT2D eigenvalue weighted by molar-refractivity contribution is -0.384. The second-order valence-corrected chi connectivity index (χ2v) is 6.06. The maximum absolute atomic E-state index is 11.0. The summed E-state index contributed by atoms with van der Waals surface area (Å²) in [5, 5.41) is 25.9. The molecule has 0 aliphatic carbocycles. The average molecular weight is 422 g/mol. The first-order valence-electron chi connectivity index (χ1n) is 7.49. The summed E-state index contributed by atoms with van der Waals surface area (Å²) in [6, 6.07) is 8.27. The van der Waals surface area contributed by atoms with Gasteiger partial charge in [0.15, 0.2) is 0 Å². The zero-order valence-corrected chi connectivity index (χ0v) is 15.2. The summed E-state index contributed by atoms with van der Waals surface area (Å²) in [5.74, 6) is 0.497. The molecule has 3 rings (SSSR count). The number of nitro benzene ring substituents is 1. The summed E-state index contributed by atoms with van der Waals surface area (Å²) in [5.41, 5.74) is 2.20. The lowest BCUT2D eigenvalue weighted by Crippen LogP contribution is -1.98. The van der Waals surface area contributed by atoms with Crippen LogP contribution in [-0.2, 0) is 0 Å². The molecule has 10 nitrogen and oxygen atoms in total. The minimum Gasteiger partial charge on any atom is -0.455 e. The van der Waals surface area contributed by atoms with Gasteiger partial charge in [0.2, 0.25) is 5.82 Å². The van der Waals surface area contributed by atoms with Crippen molar-refractivity contribution in [2.75, 3.05) is 5.43 Å². The largest absolute Gasteiger partial charge is 0.455 e. The van der Waals surface area contributed by atoms with Gasteiger partial charge in [-0.3, -0.25) is 25.7 Å². The zero-order chi connectivity index (χ0) is 20.3. The van der Waals surface area contributed by atoms with Crippen LogP contribution in [0.2, 0.25) is 10.0 Å². The summed E-state index contributed by atoms with van der Waals surface area (Å²) < 4.78 is 5.55. The number of halogens is 2. The van der Waals surface area contributed by atoms with E-state index in [9.17, 15) is 20.2 Å². The van der Waals surface area contributed by atoms with E-state index in [2.05, 4.69) is 15.5 Å². The number of nitrogens with zero attached hydrogens (tertiary/aromatic N) is 4. The van der Waals surface area contributed by atoms with E-state index in [4.69, 9.17) is 27.6 Å². The molecule has 1 aromatic carbocycles. The van der Waals surface area contributed by atoms with Crippen molar-refractivity contribution in [1.29, 1.82) is 0 Å². The highest BCUT2D eigenvalue weighted by Gasteiger charge is 2.19. The zero-order valence-electron chi connectivity index (χ0n) is 13.7. The highest BCUT2D eigenvalue weighted by atomic mass is 35.5. The van der Waals surface area contributed by atoms with E-state index >= 15 is 0 Å². The van der Waals surface area contributed by atoms with E-state index in [1.54, 1.807) is 12.1 Å². The minimum atomic E-state index is -0.628. The molecule has 2 heterocycles. The highest BCUT2D eigenvalue weighted by Crippen LogP contribution is 2.37.